The molecule has 1 aromatic heterocycles. The van der Waals surface area contributed by atoms with E-state index in [1.54, 1.807) is 18.3 Å². The first-order chi connectivity index (χ1) is 16.9. The lowest BCUT2D eigenvalue weighted by molar-refractivity contribution is 0.0664. The topological polar surface area (TPSA) is 64.6 Å². The van der Waals surface area contributed by atoms with Gasteiger partial charge >= 0.3 is 0 Å². The van der Waals surface area contributed by atoms with Gasteiger partial charge in [-0.3, -0.25) is 4.79 Å². The summed E-state index contributed by atoms with van der Waals surface area (Å²) >= 11 is 6.05. The van der Waals surface area contributed by atoms with Gasteiger partial charge in [-0.05, 0) is 31.3 Å². The third-order valence-corrected chi connectivity index (χ3v) is 6.84. The molecular weight excluding hydrogens is 474 g/mol. The fourth-order valence-electron chi connectivity index (χ4n) is 4.31. The molecule has 7 nitrogen and oxygen atoms in total. The van der Waals surface area contributed by atoms with E-state index in [9.17, 15) is 13.6 Å². The zero-order valence-corrected chi connectivity index (χ0v) is 20.0. The number of benzene rings is 2. The zero-order chi connectivity index (χ0) is 24.5. The molecule has 2 aliphatic heterocycles. The van der Waals surface area contributed by atoms with Crippen LogP contribution in [0.2, 0.25) is 5.02 Å². The largest absolute Gasteiger partial charge is 0.365 e. The average Bonchev–Trinajstić information content (AvgIpc) is 2.89. The molecular formula is C25H25ClF2N6O. The number of hydrogen-bond donors (Lipinski definition) is 1. The van der Waals surface area contributed by atoms with Crippen molar-refractivity contribution >= 4 is 29.1 Å². The van der Waals surface area contributed by atoms with Gasteiger partial charge in [0.2, 0.25) is 0 Å². The van der Waals surface area contributed by atoms with Crippen molar-refractivity contribution in [1.82, 2.24) is 19.8 Å². The maximum atomic E-state index is 14.4. The molecule has 2 aliphatic rings. The fraction of sp³-hybridized carbons (Fsp3) is 0.320. The molecule has 0 atom stereocenters. The van der Waals surface area contributed by atoms with Crippen LogP contribution in [-0.2, 0) is 6.54 Å². The molecule has 1 fully saturated rings. The molecule has 1 amide bonds. The van der Waals surface area contributed by atoms with Crippen LogP contribution in [0.3, 0.4) is 0 Å². The van der Waals surface area contributed by atoms with Crippen LogP contribution in [0.5, 0.6) is 0 Å². The molecule has 0 bridgehead atoms. The van der Waals surface area contributed by atoms with Crippen molar-refractivity contribution in [2.45, 2.75) is 6.54 Å². The molecule has 2 aromatic carbocycles. The summed E-state index contributed by atoms with van der Waals surface area (Å²) < 4.78 is 28.3. The minimum absolute atomic E-state index is 0.0190. The first kappa shape index (κ1) is 23.4. The predicted octanol–water partition coefficient (Wildman–Crippen LogP) is 3.89. The van der Waals surface area contributed by atoms with Crippen LogP contribution in [0.4, 0.5) is 20.4 Å². The van der Waals surface area contributed by atoms with Gasteiger partial charge in [-0.2, -0.15) is 0 Å². The number of nitrogens with one attached hydrogen (secondary N) is 1. The lowest BCUT2D eigenvalue weighted by atomic mass is 10.1. The molecule has 1 saturated heterocycles. The second-order valence-electron chi connectivity index (χ2n) is 8.77. The number of anilines is 2. The van der Waals surface area contributed by atoms with Gasteiger partial charge in [-0.25, -0.2) is 18.7 Å². The van der Waals surface area contributed by atoms with Gasteiger partial charge in [0.25, 0.3) is 5.91 Å². The molecule has 3 heterocycles. The summed E-state index contributed by atoms with van der Waals surface area (Å²) in [6.07, 6.45) is 1.66. The fourth-order valence-corrected chi connectivity index (χ4v) is 4.53. The molecule has 0 aliphatic carbocycles. The van der Waals surface area contributed by atoms with Crippen LogP contribution < -0.4 is 10.2 Å². The van der Waals surface area contributed by atoms with E-state index in [0.29, 0.717) is 49.1 Å². The second-order valence-corrected chi connectivity index (χ2v) is 9.15. The predicted molar refractivity (Wildman–Crippen MR) is 132 cm³/mol. The summed E-state index contributed by atoms with van der Waals surface area (Å²) in [5.74, 6) is -0.114. The van der Waals surface area contributed by atoms with Gasteiger partial charge < -0.3 is 20.0 Å². The first-order valence-corrected chi connectivity index (χ1v) is 11.8. The molecule has 3 aromatic rings. The Bertz CT molecular complexity index is 1250. The van der Waals surface area contributed by atoms with Crippen molar-refractivity contribution in [1.29, 1.82) is 0 Å². The van der Waals surface area contributed by atoms with Crippen LogP contribution in [0, 0.1) is 11.6 Å². The van der Waals surface area contributed by atoms with Gasteiger partial charge in [0.15, 0.2) is 11.6 Å². The Morgan fingerprint density at radius 1 is 1.03 bits per heavy atom. The number of piperazine rings is 1. The van der Waals surface area contributed by atoms with Crippen LogP contribution in [0.25, 0.3) is 11.3 Å². The Hall–Kier alpha value is -3.30. The van der Waals surface area contributed by atoms with E-state index in [-0.39, 0.29) is 23.0 Å². The zero-order valence-electron chi connectivity index (χ0n) is 19.3. The number of halogens is 3. The molecule has 35 heavy (non-hydrogen) atoms. The van der Waals surface area contributed by atoms with Gasteiger partial charge in [0.05, 0.1) is 16.9 Å². The standard InChI is InChI=1S/C25H25ClF2N6O/c1-32-10-12-33(13-11-32)25(35)17-4-2-16(3-5-17)21-14-30-23-24(31-21)34(9-8-29-23)15-18-19(27)6-7-20(28)22(18)26/h2-7,14H,8-13,15H2,1H3,(H,29,30). The summed E-state index contributed by atoms with van der Waals surface area (Å²) in [5, 5.41) is 2.96. The number of carbonyl (C=O) groups is 1. The Kier molecular flexibility index (Phi) is 6.53. The van der Waals surface area contributed by atoms with Gasteiger partial charge in [-0.15, -0.1) is 0 Å². The molecule has 1 N–H and O–H groups in total. The van der Waals surface area contributed by atoms with E-state index in [0.717, 1.165) is 30.8 Å². The van der Waals surface area contributed by atoms with Gasteiger partial charge in [-0.1, -0.05) is 23.7 Å². The number of nitrogens with zero attached hydrogens (tertiary/aromatic N) is 5. The van der Waals surface area contributed by atoms with E-state index in [4.69, 9.17) is 16.6 Å². The minimum Gasteiger partial charge on any atom is -0.365 e. The Labute approximate surface area is 207 Å². The lowest BCUT2D eigenvalue weighted by Gasteiger charge is -2.32. The smallest absolute Gasteiger partial charge is 0.253 e. The van der Waals surface area contributed by atoms with Crippen molar-refractivity contribution in [3.05, 3.63) is 70.4 Å². The normalized spacial score (nSPS) is 16.1. The molecule has 0 spiro atoms. The van der Waals surface area contributed by atoms with E-state index < -0.39 is 11.6 Å². The quantitative estimate of drug-likeness (QED) is 0.551. The van der Waals surface area contributed by atoms with Crippen molar-refractivity contribution in [2.75, 3.05) is 56.5 Å². The number of fused-ring (bicyclic) bond motifs is 1. The number of likely N-dealkylation sites (N-methyl/N-ethyl adjacent to an activating group) is 1. The Balaban J connectivity index is 1.38. The van der Waals surface area contributed by atoms with Gasteiger partial charge in [0, 0.05) is 62.5 Å². The summed E-state index contributed by atoms with van der Waals surface area (Å²) in [7, 11) is 2.05. The van der Waals surface area contributed by atoms with Crippen molar-refractivity contribution in [3.63, 3.8) is 0 Å². The van der Waals surface area contributed by atoms with E-state index >= 15 is 0 Å². The van der Waals surface area contributed by atoms with Crippen LogP contribution >= 0.6 is 11.6 Å². The van der Waals surface area contributed by atoms with Crippen molar-refractivity contribution in [2.24, 2.45) is 0 Å². The number of aromatic nitrogens is 2. The third kappa shape index (κ3) is 4.78. The molecule has 0 radical (unpaired) electrons. The summed E-state index contributed by atoms with van der Waals surface area (Å²) in [5.41, 5.74) is 2.12. The summed E-state index contributed by atoms with van der Waals surface area (Å²) in [6, 6.07) is 9.40. The van der Waals surface area contributed by atoms with E-state index in [2.05, 4.69) is 22.2 Å². The number of rotatable bonds is 4. The van der Waals surface area contributed by atoms with E-state index in [1.165, 1.54) is 0 Å². The summed E-state index contributed by atoms with van der Waals surface area (Å²) in [4.78, 5) is 28.0. The number of carbonyl (C=O) groups excluding carboxylic acids is 1. The number of amides is 1. The molecule has 5 rings (SSSR count). The summed E-state index contributed by atoms with van der Waals surface area (Å²) in [6.45, 7) is 4.33. The van der Waals surface area contributed by atoms with Crippen molar-refractivity contribution in [3.8, 4) is 11.3 Å². The highest BCUT2D eigenvalue weighted by Gasteiger charge is 2.24. The maximum Gasteiger partial charge on any atom is 0.253 e. The van der Waals surface area contributed by atoms with E-state index in [1.807, 2.05) is 21.9 Å². The highest BCUT2D eigenvalue weighted by Crippen LogP contribution is 2.32. The van der Waals surface area contributed by atoms with Crippen LogP contribution in [0.15, 0.2) is 42.6 Å². The first-order valence-electron chi connectivity index (χ1n) is 11.5. The van der Waals surface area contributed by atoms with Crippen LogP contribution in [-0.4, -0.2) is 72.0 Å². The maximum absolute atomic E-state index is 14.4. The molecule has 182 valence electrons. The monoisotopic (exact) mass is 498 g/mol. The SMILES string of the molecule is CN1CCN(C(=O)c2ccc(-c3cnc4c(n3)N(Cc3c(F)ccc(F)c3Cl)CCN4)cc2)CC1. The molecule has 10 heteroatoms. The highest BCUT2D eigenvalue weighted by molar-refractivity contribution is 6.31. The van der Waals surface area contributed by atoms with Crippen LogP contribution in [0.1, 0.15) is 15.9 Å². The average molecular weight is 499 g/mol. The minimum atomic E-state index is -0.663. The number of hydrogen-bond acceptors (Lipinski definition) is 6. The highest BCUT2D eigenvalue weighted by atomic mass is 35.5. The Morgan fingerprint density at radius 3 is 2.49 bits per heavy atom. The van der Waals surface area contributed by atoms with Gasteiger partial charge in [0.1, 0.15) is 11.6 Å². The third-order valence-electron chi connectivity index (χ3n) is 6.43. The van der Waals surface area contributed by atoms with Crippen molar-refractivity contribution < 1.29 is 13.6 Å². The molecule has 0 unspecified atom stereocenters. The Morgan fingerprint density at radius 2 is 1.74 bits per heavy atom. The molecule has 0 saturated carbocycles. The lowest BCUT2D eigenvalue weighted by Crippen LogP contribution is -2.47. The second kappa shape index (κ2) is 9.75.